The zero-order valence-corrected chi connectivity index (χ0v) is 23.4. The van der Waals surface area contributed by atoms with Crippen molar-refractivity contribution >= 4 is 23.6 Å². The van der Waals surface area contributed by atoms with Gasteiger partial charge in [-0.25, -0.2) is 4.79 Å². The van der Waals surface area contributed by atoms with E-state index in [1.165, 1.54) is 7.11 Å². The van der Waals surface area contributed by atoms with Crippen molar-refractivity contribution in [2.45, 2.75) is 70.6 Å². The van der Waals surface area contributed by atoms with Crippen LogP contribution in [0.4, 0.5) is 10.5 Å². The van der Waals surface area contributed by atoms with Crippen molar-refractivity contribution in [2.24, 2.45) is 11.1 Å². The van der Waals surface area contributed by atoms with Crippen LogP contribution in [0.15, 0.2) is 48.8 Å². The second kappa shape index (κ2) is 12.6. The molecule has 0 saturated heterocycles. The Bertz CT molecular complexity index is 1150. The number of methoxy groups -OCH3 is 1. The molecule has 3 atom stereocenters. The van der Waals surface area contributed by atoms with E-state index in [9.17, 15) is 19.5 Å². The van der Waals surface area contributed by atoms with E-state index in [-0.39, 0.29) is 30.8 Å². The summed E-state index contributed by atoms with van der Waals surface area (Å²) in [5.74, 6) is -0.341. The molecule has 1 unspecified atom stereocenters. The van der Waals surface area contributed by atoms with Crippen molar-refractivity contribution in [3.8, 4) is 0 Å². The van der Waals surface area contributed by atoms with Gasteiger partial charge in [0.15, 0.2) is 0 Å². The fourth-order valence-corrected chi connectivity index (χ4v) is 4.94. The number of nitrogens with two attached hydrogens (primary N) is 1. The number of ether oxygens (including phenoxy) is 1. The van der Waals surface area contributed by atoms with Crippen molar-refractivity contribution < 1.29 is 24.2 Å². The van der Waals surface area contributed by atoms with Crippen molar-refractivity contribution in [3.63, 3.8) is 0 Å². The number of aliphatic hydroxyl groups excluding tert-OH is 1. The van der Waals surface area contributed by atoms with Gasteiger partial charge in [0, 0.05) is 43.6 Å². The number of benzene rings is 1. The molecule has 3 amide bonds. The normalized spacial score (nSPS) is 17.0. The van der Waals surface area contributed by atoms with E-state index in [4.69, 9.17) is 10.5 Å². The molecule has 1 aromatic carbocycles. The zero-order valence-electron chi connectivity index (χ0n) is 23.4. The molecular formula is C29H41N5O5. The summed E-state index contributed by atoms with van der Waals surface area (Å²) in [5, 5.41) is 16.3. The summed E-state index contributed by atoms with van der Waals surface area (Å²) >= 11 is 0. The van der Waals surface area contributed by atoms with Crippen LogP contribution >= 0.6 is 0 Å². The second-order valence-electron chi connectivity index (χ2n) is 11.5. The maximum absolute atomic E-state index is 13.5. The van der Waals surface area contributed by atoms with Gasteiger partial charge < -0.3 is 31.1 Å². The summed E-state index contributed by atoms with van der Waals surface area (Å²) in [6.45, 7) is 7.78. The van der Waals surface area contributed by atoms with Gasteiger partial charge in [0.2, 0.25) is 11.8 Å². The van der Waals surface area contributed by atoms with Crippen LogP contribution in [-0.4, -0.2) is 66.4 Å². The number of hydrogen-bond acceptors (Lipinski definition) is 7. The van der Waals surface area contributed by atoms with E-state index < -0.39 is 29.1 Å². The summed E-state index contributed by atoms with van der Waals surface area (Å²) in [6.07, 6.45) is 2.91. The molecule has 0 aliphatic carbocycles. The van der Waals surface area contributed by atoms with E-state index in [2.05, 4.69) is 15.6 Å². The van der Waals surface area contributed by atoms with Crippen molar-refractivity contribution in [1.29, 1.82) is 0 Å². The highest BCUT2D eigenvalue weighted by molar-refractivity contribution is 5.95. The lowest BCUT2D eigenvalue weighted by atomic mass is 9.80. The first kappa shape index (κ1) is 30.0. The highest BCUT2D eigenvalue weighted by Gasteiger charge is 2.35. The maximum Gasteiger partial charge on any atom is 0.407 e. The highest BCUT2D eigenvalue weighted by atomic mass is 16.5. The Morgan fingerprint density at radius 1 is 1.18 bits per heavy atom. The third kappa shape index (κ3) is 7.77. The van der Waals surface area contributed by atoms with E-state index in [1.54, 1.807) is 37.2 Å². The SMILES string of the molecule is COC(=O)NC1Cc2ccccc2N(C(=O)CC(C)(C)C[C@H](N)[C@@H](O)CNC(=O)C(C)(C)c2cccnc2)C1. The number of rotatable bonds is 10. The third-order valence-corrected chi connectivity index (χ3v) is 7.30. The van der Waals surface area contributed by atoms with Crippen molar-refractivity contribution in [1.82, 2.24) is 15.6 Å². The van der Waals surface area contributed by atoms with Gasteiger partial charge >= 0.3 is 6.09 Å². The summed E-state index contributed by atoms with van der Waals surface area (Å²) in [6, 6.07) is 10.3. The number of carbonyl (C=O) groups is 3. The van der Waals surface area contributed by atoms with Gasteiger partial charge in [0.1, 0.15) is 0 Å². The summed E-state index contributed by atoms with van der Waals surface area (Å²) in [5.41, 5.74) is 7.53. The van der Waals surface area contributed by atoms with Gasteiger partial charge in [-0.2, -0.15) is 0 Å². The quantitative estimate of drug-likeness (QED) is 0.362. The van der Waals surface area contributed by atoms with E-state index in [0.29, 0.717) is 19.4 Å². The molecule has 0 bridgehead atoms. The number of nitrogens with zero attached hydrogens (tertiary/aromatic N) is 2. The number of pyridine rings is 1. The number of nitrogens with one attached hydrogen (secondary N) is 2. The molecule has 212 valence electrons. The Morgan fingerprint density at radius 2 is 1.90 bits per heavy atom. The Morgan fingerprint density at radius 3 is 2.56 bits per heavy atom. The number of hydrogen-bond donors (Lipinski definition) is 4. The van der Waals surface area contributed by atoms with Crippen LogP contribution in [0.5, 0.6) is 0 Å². The topological polar surface area (TPSA) is 147 Å². The van der Waals surface area contributed by atoms with E-state index in [0.717, 1.165) is 16.8 Å². The number of carbonyl (C=O) groups excluding carboxylic acids is 3. The lowest BCUT2D eigenvalue weighted by Gasteiger charge is -2.37. The number of anilines is 1. The van der Waals surface area contributed by atoms with Crippen molar-refractivity contribution in [2.75, 3.05) is 25.1 Å². The first-order valence-electron chi connectivity index (χ1n) is 13.2. The number of para-hydroxylation sites is 1. The number of fused-ring (bicyclic) bond motifs is 1. The van der Waals surface area contributed by atoms with Gasteiger partial charge in [-0.1, -0.05) is 38.1 Å². The van der Waals surface area contributed by atoms with Crippen LogP contribution in [-0.2, 0) is 26.2 Å². The molecule has 3 rings (SSSR count). The second-order valence-corrected chi connectivity index (χ2v) is 11.5. The number of alkyl carbamates (subject to hydrolysis) is 1. The molecule has 1 aliphatic rings. The summed E-state index contributed by atoms with van der Waals surface area (Å²) in [4.78, 5) is 43.9. The summed E-state index contributed by atoms with van der Waals surface area (Å²) < 4.78 is 4.74. The maximum atomic E-state index is 13.5. The molecule has 2 heterocycles. The minimum absolute atomic E-state index is 0.00586. The molecule has 0 fully saturated rings. The largest absolute Gasteiger partial charge is 0.453 e. The number of amides is 3. The van der Waals surface area contributed by atoms with Gasteiger partial charge in [0.25, 0.3) is 0 Å². The van der Waals surface area contributed by atoms with Crippen LogP contribution in [0.2, 0.25) is 0 Å². The molecule has 0 saturated carbocycles. The smallest absolute Gasteiger partial charge is 0.407 e. The molecular weight excluding hydrogens is 498 g/mol. The first-order valence-corrected chi connectivity index (χ1v) is 13.2. The Hall–Kier alpha value is -3.50. The fourth-order valence-electron chi connectivity index (χ4n) is 4.94. The lowest BCUT2D eigenvalue weighted by molar-refractivity contribution is -0.126. The molecule has 1 aliphatic heterocycles. The monoisotopic (exact) mass is 539 g/mol. The van der Waals surface area contributed by atoms with Crippen LogP contribution in [0.3, 0.4) is 0 Å². The molecule has 2 aromatic rings. The average molecular weight is 540 g/mol. The predicted molar refractivity (Wildman–Crippen MR) is 149 cm³/mol. The van der Waals surface area contributed by atoms with Crippen LogP contribution in [0.1, 0.15) is 51.7 Å². The van der Waals surface area contributed by atoms with E-state index >= 15 is 0 Å². The van der Waals surface area contributed by atoms with Gasteiger partial charge in [-0.3, -0.25) is 14.6 Å². The van der Waals surface area contributed by atoms with Gasteiger partial charge in [-0.15, -0.1) is 0 Å². The van der Waals surface area contributed by atoms with Gasteiger partial charge in [-0.05, 0) is 55.4 Å². The average Bonchev–Trinajstić information content (AvgIpc) is 2.90. The predicted octanol–water partition coefficient (Wildman–Crippen LogP) is 2.28. The van der Waals surface area contributed by atoms with Crippen LogP contribution in [0, 0.1) is 5.41 Å². The molecule has 5 N–H and O–H groups in total. The fraction of sp³-hybridized carbons (Fsp3) is 0.517. The molecule has 10 heteroatoms. The zero-order chi connectivity index (χ0) is 28.8. The highest BCUT2D eigenvalue weighted by Crippen LogP contribution is 2.33. The standard InChI is InChI=1S/C29H41N5O5/c1-28(2,14-22(30)24(35)17-32-26(37)29(3,4)20-10-8-12-31-16-20)15-25(36)34-18-21(33-27(38)39-5)13-19-9-6-7-11-23(19)34/h6-12,16,21-22,24,35H,13-15,17-18,30H2,1-5H3,(H,32,37)(H,33,38)/t21?,22-,24-/m0/s1. The number of aliphatic hydroxyl groups is 1. The first-order chi connectivity index (χ1) is 18.3. The Kier molecular flexibility index (Phi) is 9.68. The molecule has 39 heavy (non-hydrogen) atoms. The molecule has 0 spiro atoms. The molecule has 0 radical (unpaired) electrons. The third-order valence-electron chi connectivity index (χ3n) is 7.30. The Labute approximate surface area is 230 Å². The molecule has 10 nitrogen and oxygen atoms in total. The Balaban J connectivity index is 1.59. The van der Waals surface area contributed by atoms with Crippen LogP contribution < -0.4 is 21.3 Å². The van der Waals surface area contributed by atoms with Gasteiger partial charge in [0.05, 0.1) is 24.7 Å². The summed E-state index contributed by atoms with van der Waals surface area (Å²) in [7, 11) is 1.31. The minimum atomic E-state index is -0.989. The van der Waals surface area contributed by atoms with Crippen molar-refractivity contribution in [3.05, 3.63) is 59.9 Å². The minimum Gasteiger partial charge on any atom is -0.453 e. The molecule has 1 aromatic heterocycles. The number of aromatic nitrogens is 1. The lowest BCUT2D eigenvalue weighted by Crippen LogP contribution is -2.51. The van der Waals surface area contributed by atoms with Crippen LogP contribution in [0.25, 0.3) is 0 Å². The van der Waals surface area contributed by atoms with E-state index in [1.807, 2.05) is 44.2 Å².